The van der Waals surface area contributed by atoms with Gasteiger partial charge in [-0.2, -0.15) is 0 Å². The Morgan fingerprint density at radius 3 is 2.82 bits per heavy atom. The minimum absolute atomic E-state index is 0.0894. The van der Waals surface area contributed by atoms with Crippen molar-refractivity contribution in [1.82, 2.24) is 5.32 Å². The molecule has 0 aromatic heterocycles. The topological polar surface area (TPSA) is 41.6 Å². The lowest BCUT2D eigenvalue weighted by Crippen LogP contribution is -2.25. The molecule has 17 heavy (non-hydrogen) atoms. The van der Waals surface area contributed by atoms with Gasteiger partial charge in [0.15, 0.2) is 0 Å². The van der Waals surface area contributed by atoms with Gasteiger partial charge in [0.05, 0.1) is 0 Å². The van der Waals surface area contributed by atoms with Crippen molar-refractivity contribution >= 4 is 11.8 Å². The van der Waals surface area contributed by atoms with E-state index in [1.165, 1.54) is 11.3 Å². The predicted octanol–water partition coefficient (Wildman–Crippen LogP) is 2.13. The van der Waals surface area contributed by atoms with Crippen molar-refractivity contribution in [2.75, 3.05) is 25.5 Å². The van der Waals surface area contributed by atoms with Crippen LogP contribution in [0.2, 0.25) is 0 Å². The Bertz CT molecular complexity index is 455. The highest BCUT2D eigenvalue weighted by Gasteiger charge is 2.33. The van der Waals surface area contributed by atoms with Gasteiger partial charge in [-0.15, -0.1) is 0 Å². The van der Waals surface area contributed by atoms with E-state index in [0.29, 0.717) is 5.75 Å². The number of anilines is 1. The number of hydrogen-bond acceptors (Lipinski definition) is 3. The van der Waals surface area contributed by atoms with Crippen molar-refractivity contribution in [3.63, 3.8) is 0 Å². The van der Waals surface area contributed by atoms with Crippen LogP contribution in [-0.4, -0.2) is 26.7 Å². The molecule has 4 heteroatoms. The molecule has 0 atom stereocenters. The zero-order valence-electron chi connectivity index (χ0n) is 10.7. The number of fused-ring (bicyclic) bond motifs is 1. The Balaban J connectivity index is 2.34. The first-order valence-corrected chi connectivity index (χ1v) is 5.69. The number of nitrogens with zero attached hydrogens (tertiary/aromatic N) is 1. The summed E-state index contributed by atoms with van der Waals surface area (Å²) in [5, 5.41) is 2.44. The van der Waals surface area contributed by atoms with Crippen molar-refractivity contribution in [2.24, 2.45) is 0 Å². The van der Waals surface area contributed by atoms with E-state index in [1.54, 1.807) is 7.05 Å². The van der Waals surface area contributed by atoms with E-state index in [0.717, 1.165) is 6.54 Å². The van der Waals surface area contributed by atoms with E-state index in [9.17, 15) is 4.79 Å². The average Bonchev–Trinajstić information content (AvgIpc) is 2.49. The van der Waals surface area contributed by atoms with E-state index in [2.05, 4.69) is 31.1 Å². The van der Waals surface area contributed by atoms with Crippen LogP contribution in [0, 0.1) is 0 Å². The molecule has 1 aromatic carbocycles. The molecule has 0 saturated carbocycles. The van der Waals surface area contributed by atoms with Crippen LogP contribution in [0.5, 0.6) is 5.75 Å². The fourth-order valence-corrected chi connectivity index (χ4v) is 2.37. The standard InChI is InChI=1S/C13H18N2O2/c1-13(2)8-15(4)11-6-5-9(7-10(11)13)17-12(16)14-3/h5-7H,8H2,1-4H3,(H,14,16). The molecule has 0 aliphatic carbocycles. The Morgan fingerprint density at radius 2 is 2.18 bits per heavy atom. The molecule has 1 heterocycles. The smallest absolute Gasteiger partial charge is 0.410 e. The van der Waals surface area contributed by atoms with E-state index in [-0.39, 0.29) is 5.41 Å². The number of nitrogens with one attached hydrogen (secondary N) is 1. The predicted molar refractivity (Wildman–Crippen MR) is 67.8 cm³/mol. The average molecular weight is 234 g/mol. The third kappa shape index (κ3) is 2.07. The van der Waals surface area contributed by atoms with Crippen LogP contribution in [0.1, 0.15) is 19.4 Å². The minimum atomic E-state index is -0.436. The molecule has 1 N–H and O–H groups in total. The Morgan fingerprint density at radius 1 is 1.47 bits per heavy atom. The van der Waals surface area contributed by atoms with Crippen molar-refractivity contribution in [2.45, 2.75) is 19.3 Å². The van der Waals surface area contributed by atoms with Crippen molar-refractivity contribution in [3.05, 3.63) is 23.8 Å². The third-order valence-electron chi connectivity index (χ3n) is 3.16. The van der Waals surface area contributed by atoms with Crippen LogP contribution >= 0.6 is 0 Å². The lowest BCUT2D eigenvalue weighted by atomic mass is 9.87. The summed E-state index contributed by atoms with van der Waals surface area (Å²) in [5.74, 6) is 0.589. The second kappa shape index (κ2) is 3.95. The first-order valence-electron chi connectivity index (χ1n) is 5.69. The quantitative estimate of drug-likeness (QED) is 0.809. The summed E-state index contributed by atoms with van der Waals surface area (Å²) in [7, 11) is 3.63. The molecule has 1 amide bonds. The van der Waals surface area contributed by atoms with Gasteiger partial charge in [-0.05, 0) is 23.8 Å². The Labute approximate surface area is 102 Å². The number of hydrogen-bond donors (Lipinski definition) is 1. The lowest BCUT2D eigenvalue weighted by Gasteiger charge is -2.18. The third-order valence-corrected chi connectivity index (χ3v) is 3.16. The summed E-state index contributed by atoms with van der Waals surface area (Å²) in [6.07, 6.45) is -0.436. The molecule has 0 spiro atoms. The van der Waals surface area contributed by atoms with Crippen LogP contribution in [-0.2, 0) is 5.41 Å². The van der Waals surface area contributed by atoms with Crippen LogP contribution in [0.4, 0.5) is 10.5 Å². The summed E-state index contributed by atoms with van der Waals surface area (Å²) in [6.45, 7) is 5.36. The Hall–Kier alpha value is -1.71. The molecule has 0 unspecified atom stereocenters. The first-order chi connectivity index (χ1) is 7.94. The SMILES string of the molecule is CNC(=O)Oc1ccc2c(c1)C(C)(C)CN2C. The lowest BCUT2D eigenvalue weighted by molar-refractivity contribution is 0.203. The molecule has 1 aliphatic heterocycles. The van der Waals surface area contributed by atoms with Gasteiger partial charge in [-0.3, -0.25) is 0 Å². The van der Waals surface area contributed by atoms with Gasteiger partial charge >= 0.3 is 6.09 Å². The zero-order valence-corrected chi connectivity index (χ0v) is 10.7. The second-order valence-corrected chi connectivity index (χ2v) is 5.06. The zero-order chi connectivity index (χ0) is 12.6. The molecule has 0 saturated heterocycles. The highest BCUT2D eigenvalue weighted by atomic mass is 16.5. The molecule has 0 bridgehead atoms. The van der Waals surface area contributed by atoms with Crippen LogP contribution < -0.4 is 15.0 Å². The molecule has 1 aliphatic rings. The maximum absolute atomic E-state index is 11.2. The highest BCUT2D eigenvalue weighted by molar-refractivity contribution is 5.71. The molecule has 1 aromatic rings. The van der Waals surface area contributed by atoms with Gasteiger partial charge in [0.2, 0.25) is 0 Å². The molecular weight excluding hydrogens is 216 g/mol. The highest BCUT2D eigenvalue weighted by Crippen LogP contribution is 2.41. The molecule has 2 rings (SSSR count). The van der Waals surface area contributed by atoms with E-state index < -0.39 is 6.09 Å². The van der Waals surface area contributed by atoms with E-state index in [4.69, 9.17) is 4.74 Å². The van der Waals surface area contributed by atoms with Crippen LogP contribution in [0.3, 0.4) is 0 Å². The fraction of sp³-hybridized carbons (Fsp3) is 0.462. The van der Waals surface area contributed by atoms with Crippen molar-refractivity contribution < 1.29 is 9.53 Å². The number of benzene rings is 1. The summed E-state index contributed by atoms with van der Waals surface area (Å²) >= 11 is 0. The van der Waals surface area contributed by atoms with Crippen LogP contribution in [0.15, 0.2) is 18.2 Å². The summed E-state index contributed by atoms with van der Waals surface area (Å²) in [5.41, 5.74) is 2.52. The van der Waals surface area contributed by atoms with Gasteiger partial charge in [0, 0.05) is 31.7 Å². The second-order valence-electron chi connectivity index (χ2n) is 5.06. The molecule has 4 nitrogen and oxygen atoms in total. The van der Waals surface area contributed by atoms with Gasteiger partial charge in [0.25, 0.3) is 0 Å². The monoisotopic (exact) mass is 234 g/mol. The maximum Gasteiger partial charge on any atom is 0.412 e. The number of likely N-dealkylation sites (N-methyl/N-ethyl adjacent to an activating group) is 1. The van der Waals surface area contributed by atoms with Gasteiger partial charge in [-0.25, -0.2) is 4.79 Å². The molecular formula is C13H18N2O2. The van der Waals surface area contributed by atoms with Gasteiger partial charge in [0.1, 0.15) is 5.75 Å². The number of carbonyl (C=O) groups is 1. The first kappa shape index (κ1) is 11.8. The number of amides is 1. The summed E-state index contributed by atoms with van der Waals surface area (Å²) in [4.78, 5) is 13.4. The van der Waals surface area contributed by atoms with Gasteiger partial charge in [-0.1, -0.05) is 13.8 Å². The van der Waals surface area contributed by atoms with Crippen LogP contribution in [0.25, 0.3) is 0 Å². The normalized spacial score (nSPS) is 16.6. The summed E-state index contributed by atoms with van der Waals surface area (Å²) < 4.78 is 5.15. The fourth-order valence-electron chi connectivity index (χ4n) is 2.37. The molecule has 92 valence electrons. The van der Waals surface area contributed by atoms with Crippen molar-refractivity contribution in [3.8, 4) is 5.75 Å². The Kier molecular flexibility index (Phi) is 2.73. The number of rotatable bonds is 1. The van der Waals surface area contributed by atoms with E-state index in [1.807, 2.05) is 18.2 Å². The van der Waals surface area contributed by atoms with E-state index >= 15 is 0 Å². The van der Waals surface area contributed by atoms with Gasteiger partial charge < -0.3 is 15.0 Å². The van der Waals surface area contributed by atoms with Crippen molar-refractivity contribution in [1.29, 1.82) is 0 Å². The number of ether oxygens (including phenoxy) is 1. The maximum atomic E-state index is 11.2. The number of carbonyl (C=O) groups excluding carboxylic acids is 1. The minimum Gasteiger partial charge on any atom is -0.410 e. The summed E-state index contributed by atoms with van der Waals surface area (Å²) in [6, 6.07) is 5.78. The molecule has 0 radical (unpaired) electrons. The molecule has 0 fully saturated rings. The largest absolute Gasteiger partial charge is 0.412 e.